The Morgan fingerprint density at radius 1 is 1.40 bits per heavy atom. The van der Waals surface area contributed by atoms with Crippen molar-refractivity contribution in [2.45, 2.75) is 20.8 Å². The average molecular weight is 227 g/mol. The van der Waals surface area contributed by atoms with Crippen LogP contribution in [0.4, 0.5) is 5.69 Å². The van der Waals surface area contributed by atoms with E-state index >= 15 is 0 Å². The monoisotopic (exact) mass is 226 g/mol. The van der Waals surface area contributed by atoms with Gasteiger partial charge in [-0.1, -0.05) is 31.5 Å². The molecule has 0 unspecified atom stereocenters. The fourth-order valence-electron chi connectivity index (χ4n) is 1.19. The Kier molecular flexibility index (Phi) is 4.00. The minimum atomic E-state index is 0.106. The molecule has 1 aromatic carbocycles. The Morgan fingerprint density at radius 2 is 2.07 bits per heavy atom. The molecule has 0 aromatic heterocycles. The van der Waals surface area contributed by atoms with Gasteiger partial charge in [0.25, 0.3) is 0 Å². The van der Waals surface area contributed by atoms with E-state index in [9.17, 15) is 0 Å². The first kappa shape index (κ1) is 12.3. The van der Waals surface area contributed by atoms with Gasteiger partial charge in [-0.25, -0.2) is 0 Å². The van der Waals surface area contributed by atoms with Crippen LogP contribution in [0.25, 0.3) is 0 Å². The minimum absolute atomic E-state index is 0.106. The predicted octanol–water partition coefficient (Wildman–Crippen LogP) is 3.05. The summed E-state index contributed by atoms with van der Waals surface area (Å²) >= 11 is 5.94. The van der Waals surface area contributed by atoms with E-state index in [0.29, 0.717) is 6.54 Å². The van der Waals surface area contributed by atoms with Crippen LogP contribution in [0.5, 0.6) is 0 Å². The Hall–Kier alpha value is -0.730. The van der Waals surface area contributed by atoms with Gasteiger partial charge in [0.15, 0.2) is 0 Å². The molecule has 0 fully saturated rings. The number of rotatable bonds is 4. The van der Waals surface area contributed by atoms with Gasteiger partial charge in [-0.2, -0.15) is 0 Å². The zero-order chi connectivity index (χ0) is 11.5. The van der Waals surface area contributed by atoms with E-state index in [2.05, 4.69) is 26.1 Å². The van der Waals surface area contributed by atoms with Crippen LogP contribution in [-0.4, -0.2) is 13.1 Å². The zero-order valence-corrected chi connectivity index (χ0v) is 10.4. The summed E-state index contributed by atoms with van der Waals surface area (Å²) in [4.78, 5) is 0. The molecule has 15 heavy (non-hydrogen) atoms. The van der Waals surface area contributed by atoms with Gasteiger partial charge in [0, 0.05) is 17.3 Å². The summed E-state index contributed by atoms with van der Waals surface area (Å²) in [5.41, 5.74) is 8.07. The number of benzene rings is 1. The highest BCUT2D eigenvalue weighted by molar-refractivity contribution is 6.30. The van der Waals surface area contributed by atoms with Gasteiger partial charge in [-0.3, -0.25) is 0 Å². The van der Waals surface area contributed by atoms with E-state index in [1.165, 1.54) is 5.56 Å². The highest BCUT2D eigenvalue weighted by Crippen LogP contribution is 2.22. The third-order valence-corrected chi connectivity index (χ3v) is 2.74. The molecule has 3 N–H and O–H groups in total. The number of hydrogen-bond donors (Lipinski definition) is 2. The molecule has 84 valence electrons. The summed E-state index contributed by atoms with van der Waals surface area (Å²) in [5.74, 6) is 0. The molecule has 1 rings (SSSR count). The van der Waals surface area contributed by atoms with Gasteiger partial charge < -0.3 is 11.1 Å². The lowest BCUT2D eigenvalue weighted by atomic mass is 9.94. The summed E-state index contributed by atoms with van der Waals surface area (Å²) in [6.07, 6.45) is 0. The lowest BCUT2D eigenvalue weighted by Gasteiger charge is -2.24. The van der Waals surface area contributed by atoms with E-state index in [-0.39, 0.29) is 5.41 Å². The van der Waals surface area contributed by atoms with Crippen LogP contribution in [0.3, 0.4) is 0 Å². The first-order chi connectivity index (χ1) is 6.94. The fourth-order valence-corrected chi connectivity index (χ4v) is 1.36. The molecule has 0 amide bonds. The van der Waals surface area contributed by atoms with E-state index in [1.54, 1.807) is 0 Å². The third-order valence-electron chi connectivity index (χ3n) is 2.51. The predicted molar refractivity (Wildman–Crippen MR) is 67.5 cm³/mol. The second kappa shape index (κ2) is 4.86. The van der Waals surface area contributed by atoms with Gasteiger partial charge in [0.2, 0.25) is 0 Å². The van der Waals surface area contributed by atoms with Crippen molar-refractivity contribution < 1.29 is 0 Å². The maximum Gasteiger partial charge on any atom is 0.0426 e. The number of nitrogens with two attached hydrogens (primary N) is 1. The Balaban J connectivity index is 2.69. The Bertz CT molecular complexity index is 334. The number of hydrogen-bond acceptors (Lipinski definition) is 2. The normalized spacial score (nSPS) is 11.5. The summed E-state index contributed by atoms with van der Waals surface area (Å²) in [5, 5.41) is 4.14. The topological polar surface area (TPSA) is 38.0 Å². The van der Waals surface area contributed by atoms with E-state index in [4.69, 9.17) is 17.3 Å². The van der Waals surface area contributed by atoms with Gasteiger partial charge >= 0.3 is 0 Å². The standard InChI is InChI=1S/C12H19ClN2/c1-9-4-5-10(13)6-11(9)15-8-12(2,3)7-14/h4-6,15H,7-8,14H2,1-3H3. The van der Waals surface area contributed by atoms with E-state index in [1.807, 2.05) is 18.2 Å². The van der Waals surface area contributed by atoms with Crippen molar-refractivity contribution in [3.63, 3.8) is 0 Å². The van der Waals surface area contributed by atoms with Crippen molar-refractivity contribution >= 4 is 17.3 Å². The Labute approximate surface area is 96.8 Å². The smallest absolute Gasteiger partial charge is 0.0426 e. The van der Waals surface area contributed by atoms with E-state index < -0.39 is 0 Å². The van der Waals surface area contributed by atoms with Crippen molar-refractivity contribution in [1.29, 1.82) is 0 Å². The maximum absolute atomic E-state index is 5.94. The average Bonchev–Trinajstić information content (AvgIpc) is 2.20. The van der Waals surface area contributed by atoms with Crippen LogP contribution >= 0.6 is 11.6 Å². The quantitative estimate of drug-likeness (QED) is 0.828. The molecule has 0 aliphatic rings. The molecule has 0 atom stereocenters. The highest BCUT2D eigenvalue weighted by atomic mass is 35.5. The number of aryl methyl sites for hydroxylation is 1. The molecule has 0 saturated carbocycles. The summed E-state index contributed by atoms with van der Waals surface area (Å²) in [6, 6.07) is 5.86. The van der Waals surface area contributed by atoms with Crippen molar-refractivity contribution in [2.75, 3.05) is 18.4 Å². The van der Waals surface area contributed by atoms with Gasteiger partial charge in [0.05, 0.1) is 0 Å². The fraction of sp³-hybridized carbons (Fsp3) is 0.500. The number of halogens is 1. The van der Waals surface area contributed by atoms with Crippen LogP contribution < -0.4 is 11.1 Å². The van der Waals surface area contributed by atoms with Crippen LogP contribution in [-0.2, 0) is 0 Å². The molecule has 0 bridgehead atoms. The van der Waals surface area contributed by atoms with Gasteiger partial charge in [-0.15, -0.1) is 0 Å². The molecule has 2 nitrogen and oxygen atoms in total. The second-order valence-corrected chi connectivity index (χ2v) is 5.12. The number of anilines is 1. The molecular weight excluding hydrogens is 208 g/mol. The first-order valence-corrected chi connectivity index (χ1v) is 5.52. The molecule has 3 heteroatoms. The molecule has 0 heterocycles. The molecule has 0 radical (unpaired) electrons. The maximum atomic E-state index is 5.94. The number of nitrogens with one attached hydrogen (secondary N) is 1. The van der Waals surface area contributed by atoms with Crippen molar-refractivity contribution in [1.82, 2.24) is 0 Å². The first-order valence-electron chi connectivity index (χ1n) is 5.15. The molecule has 1 aromatic rings. The van der Waals surface area contributed by atoms with E-state index in [0.717, 1.165) is 17.3 Å². The third kappa shape index (κ3) is 3.73. The molecule has 0 spiro atoms. The zero-order valence-electron chi connectivity index (χ0n) is 9.60. The molecular formula is C12H19ClN2. The minimum Gasteiger partial charge on any atom is -0.384 e. The van der Waals surface area contributed by atoms with Crippen LogP contribution in [0.1, 0.15) is 19.4 Å². The van der Waals surface area contributed by atoms with Crippen molar-refractivity contribution in [3.05, 3.63) is 28.8 Å². The van der Waals surface area contributed by atoms with Crippen LogP contribution in [0.2, 0.25) is 5.02 Å². The molecule has 0 aliphatic heterocycles. The lowest BCUT2D eigenvalue weighted by molar-refractivity contribution is 0.405. The van der Waals surface area contributed by atoms with Crippen LogP contribution in [0, 0.1) is 12.3 Å². The summed E-state index contributed by atoms with van der Waals surface area (Å²) < 4.78 is 0. The van der Waals surface area contributed by atoms with Gasteiger partial charge in [-0.05, 0) is 36.6 Å². The summed E-state index contributed by atoms with van der Waals surface area (Å²) in [6.45, 7) is 7.86. The lowest BCUT2D eigenvalue weighted by Crippen LogP contribution is -2.31. The SMILES string of the molecule is Cc1ccc(Cl)cc1NCC(C)(C)CN. The summed E-state index contributed by atoms with van der Waals surface area (Å²) in [7, 11) is 0. The van der Waals surface area contributed by atoms with Gasteiger partial charge in [0.1, 0.15) is 0 Å². The van der Waals surface area contributed by atoms with Crippen molar-refractivity contribution in [2.24, 2.45) is 11.1 Å². The highest BCUT2D eigenvalue weighted by Gasteiger charge is 2.15. The Morgan fingerprint density at radius 3 is 2.67 bits per heavy atom. The molecule has 0 aliphatic carbocycles. The van der Waals surface area contributed by atoms with Crippen LogP contribution in [0.15, 0.2) is 18.2 Å². The van der Waals surface area contributed by atoms with Crippen molar-refractivity contribution in [3.8, 4) is 0 Å². The largest absolute Gasteiger partial charge is 0.384 e. The molecule has 0 saturated heterocycles. The second-order valence-electron chi connectivity index (χ2n) is 4.68.